The average molecular weight is 294 g/mol. The van der Waals surface area contributed by atoms with Gasteiger partial charge in [-0.1, -0.05) is 19.8 Å². The van der Waals surface area contributed by atoms with Gasteiger partial charge < -0.3 is 5.32 Å². The lowest BCUT2D eigenvalue weighted by Crippen LogP contribution is -2.35. The van der Waals surface area contributed by atoms with E-state index in [4.69, 9.17) is 0 Å². The largest absolute Gasteiger partial charge is 0.351 e. The first-order valence-electron chi connectivity index (χ1n) is 7.19. The molecule has 1 aliphatic carbocycles. The number of carbonyl (C=O) groups is 1. The number of amides is 1. The normalized spacial score (nSPS) is 16.7. The Labute approximate surface area is 122 Å². The second-order valence-electron chi connectivity index (χ2n) is 5.67. The summed E-state index contributed by atoms with van der Waals surface area (Å²) in [6.07, 6.45) is 5.52. The summed E-state index contributed by atoms with van der Waals surface area (Å²) in [5.74, 6) is -1.32. The van der Waals surface area contributed by atoms with Crippen LogP contribution in [0.4, 0.5) is 10.1 Å². The molecule has 0 aromatic heterocycles. The fourth-order valence-electron chi connectivity index (χ4n) is 2.94. The van der Waals surface area contributed by atoms with Crippen LogP contribution in [0.25, 0.3) is 0 Å². The average Bonchev–Trinajstić information content (AvgIpc) is 2.94. The molecule has 1 amide bonds. The number of rotatable bonds is 5. The first-order valence-corrected chi connectivity index (χ1v) is 7.19. The van der Waals surface area contributed by atoms with E-state index in [1.54, 1.807) is 0 Å². The number of carbonyl (C=O) groups excluding carboxylic acids is 1. The van der Waals surface area contributed by atoms with Crippen molar-refractivity contribution in [2.24, 2.45) is 5.41 Å². The highest BCUT2D eigenvalue weighted by molar-refractivity contribution is 5.94. The summed E-state index contributed by atoms with van der Waals surface area (Å²) in [6, 6.07) is 3.21. The molecule has 6 heteroatoms. The molecule has 21 heavy (non-hydrogen) atoms. The zero-order valence-corrected chi connectivity index (χ0v) is 12.0. The van der Waals surface area contributed by atoms with Crippen LogP contribution in [-0.4, -0.2) is 17.4 Å². The number of benzene rings is 1. The standard InChI is InChI=1S/C15H19FN2O3/c1-2-15(7-3-4-8-15)10-17-14(19)11-5-6-12(16)13(9-11)18(20)21/h5-6,9H,2-4,7-8,10H2,1H3,(H,17,19). The van der Waals surface area contributed by atoms with Crippen molar-refractivity contribution in [1.29, 1.82) is 0 Å². The summed E-state index contributed by atoms with van der Waals surface area (Å²) in [5, 5.41) is 13.5. The molecule has 1 aromatic rings. The van der Waals surface area contributed by atoms with E-state index >= 15 is 0 Å². The van der Waals surface area contributed by atoms with E-state index in [1.165, 1.54) is 18.9 Å². The summed E-state index contributed by atoms with van der Waals surface area (Å²) < 4.78 is 13.3. The topological polar surface area (TPSA) is 72.2 Å². The Morgan fingerprint density at radius 1 is 1.43 bits per heavy atom. The van der Waals surface area contributed by atoms with E-state index in [1.807, 2.05) is 0 Å². The molecule has 114 valence electrons. The molecule has 0 aliphatic heterocycles. The van der Waals surface area contributed by atoms with E-state index in [2.05, 4.69) is 12.2 Å². The van der Waals surface area contributed by atoms with Crippen molar-refractivity contribution in [1.82, 2.24) is 5.32 Å². The van der Waals surface area contributed by atoms with Gasteiger partial charge in [0.15, 0.2) is 0 Å². The summed E-state index contributed by atoms with van der Waals surface area (Å²) in [7, 11) is 0. The molecular formula is C15H19FN2O3. The van der Waals surface area contributed by atoms with E-state index in [-0.39, 0.29) is 11.0 Å². The van der Waals surface area contributed by atoms with Crippen molar-refractivity contribution in [2.45, 2.75) is 39.0 Å². The van der Waals surface area contributed by atoms with Crippen LogP contribution < -0.4 is 5.32 Å². The minimum absolute atomic E-state index is 0.118. The van der Waals surface area contributed by atoms with Gasteiger partial charge in [0.25, 0.3) is 5.91 Å². The molecule has 1 saturated carbocycles. The number of hydrogen-bond acceptors (Lipinski definition) is 3. The molecule has 0 radical (unpaired) electrons. The van der Waals surface area contributed by atoms with Crippen LogP contribution in [-0.2, 0) is 0 Å². The predicted molar refractivity (Wildman–Crippen MR) is 76.6 cm³/mol. The Hall–Kier alpha value is -1.98. The Kier molecular flexibility index (Phi) is 4.55. The molecule has 0 heterocycles. The number of halogens is 1. The van der Waals surface area contributed by atoms with Crippen LogP contribution in [0.3, 0.4) is 0 Å². The monoisotopic (exact) mass is 294 g/mol. The maximum atomic E-state index is 13.3. The van der Waals surface area contributed by atoms with Crippen molar-refractivity contribution in [3.8, 4) is 0 Å². The van der Waals surface area contributed by atoms with Gasteiger partial charge in [0, 0.05) is 18.2 Å². The minimum Gasteiger partial charge on any atom is -0.351 e. The fraction of sp³-hybridized carbons (Fsp3) is 0.533. The Bertz CT molecular complexity index is 554. The van der Waals surface area contributed by atoms with Gasteiger partial charge in [-0.2, -0.15) is 4.39 Å². The Morgan fingerprint density at radius 3 is 2.67 bits per heavy atom. The first-order chi connectivity index (χ1) is 9.97. The lowest BCUT2D eigenvalue weighted by Gasteiger charge is -2.27. The number of hydrogen-bond donors (Lipinski definition) is 1. The van der Waals surface area contributed by atoms with Crippen LogP contribution >= 0.6 is 0 Å². The Morgan fingerprint density at radius 2 is 2.10 bits per heavy atom. The van der Waals surface area contributed by atoms with Crippen LogP contribution in [0.1, 0.15) is 49.4 Å². The van der Waals surface area contributed by atoms with Crippen molar-refractivity contribution in [2.75, 3.05) is 6.54 Å². The lowest BCUT2D eigenvalue weighted by atomic mass is 9.83. The van der Waals surface area contributed by atoms with Crippen molar-refractivity contribution < 1.29 is 14.1 Å². The molecule has 1 aromatic carbocycles. The van der Waals surface area contributed by atoms with Crippen molar-refractivity contribution >= 4 is 11.6 Å². The van der Waals surface area contributed by atoms with Crippen LogP contribution in [0.2, 0.25) is 0 Å². The smallest absolute Gasteiger partial charge is 0.305 e. The molecule has 2 rings (SSSR count). The molecule has 0 unspecified atom stereocenters. The third-order valence-corrected chi connectivity index (χ3v) is 4.44. The van der Waals surface area contributed by atoms with Crippen molar-refractivity contribution in [3.05, 3.63) is 39.7 Å². The quantitative estimate of drug-likeness (QED) is 0.668. The van der Waals surface area contributed by atoms with Gasteiger partial charge in [0.05, 0.1) is 4.92 Å². The highest BCUT2D eigenvalue weighted by Gasteiger charge is 2.32. The van der Waals surface area contributed by atoms with E-state index in [0.717, 1.165) is 31.4 Å². The predicted octanol–water partition coefficient (Wildman–Crippen LogP) is 3.43. The second kappa shape index (κ2) is 6.20. The molecule has 5 nitrogen and oxygen atoms in total. The molecule has 0 saturated heterocycles. The van der Waals surface area contributed by atoms with Gasteiger partial charge in [0.2, 0.25) is 5.82 Å². The van der Waals surface area contributed by atoms with Gasteiger partial charge >= 0.3 is 5.69 Å². The fourth-order valence-corrected chi connectivity index (χ4v) is 2.94. The highest BCUT2D eigenvalue weighted by atomic mass is 19.1. The van der Waals surface area contributed by atoms with Crippen LogP contribution in [0.15, 0.2) is 18.2 Å². The van der Waals surface area contributed by atoms with Gasteiger partial charge in [0.1, 0.15) is 0 Å². The highest BCUT2D eigenvalue weighted by Crippen LogP contribution is 2.40. The van der Waals surface area contributed by atoms with Crippen molar-refractivity contribution in [3.63, 3.8) is 0 Å². The maximum absolute atomic E-state index is 13.3. The third-order valence-electron chi connectivity index (χ3n) is 4.44. The van der Waals surface area contributed by atoms with E-state index in [9.17, 15) is 19.3 Å². The van der Waals surface area contributed by atoms with E-state index < -0.39 is 22.3 Å². The molecule has 1 fully saturated rings. The van der Waals surface area contributed by atoms with Crippen LogP contribution in [0.5, 0.6) is 0 Å². The summed E-state index contributed by atoms with van der Waals surface area (Å²) in [6.45, 7) is 2.67. The number of nitrogens with zero attached hydrogens (tertiary/aromatic N) is 1. The number of nitro groups is 1. The zero-order chi connectivity index (χ0) is 15.5. The molecule has 0 bridgehead atoms. The molecule has 1 aliphatic rings. The van der Waals surface area contributed by atoms with E-state index in [0.29, 0.717) is 6.54 Å². The zero-order valence-electron chi connectivity index (χ0n) is 12.0. The maximum Gasteiger partial charge on any atom is 0.305 e. The van der Waals surface area contributed by atoms with Gasteiger partial charge in [-0.15, -0.1) is 0 Å². The molecule has 0 spiro atoms. The first kappa shape index (κ1) is 15.4. The summed E-state index contributed by atoms with van der Waals surface area (Å²) in [5.41, 5.74) is -0.414. The SMILES string of the molecule is CCC1(CNC(=O)c2ccc(F)c([N+](=O)[O-])c2)CCCC1. The van der Waals surface area contributed by atoms with Gasteiger partial charge in [-0.3, -0.25) is 14.9 Å². The Balaban J connectivity index is 2.07. The molecule has 0 atom stereocenters. The third kappa shape index (κ3) is 3.37. The van der Waals surface area contributed by atoms with Gasteiger partial charge in [-0.05, 0) is 36.8 Å². The molecular weight excluding hydrogens is 275 g/mol. The minimum atomic E-state index is -0.933. The number of nitrogens with one attached hydrogen (secondary N) is 1. The summed E-state index contributed by atoms with van der Waals surface area (Å²) in [4.78, 5) is 22.0. The second-order valence-corrected chi connectivity index (χ2v) is 5.67. The summed E-state index contributed by atoms with van der Waals surface area (Å²) >= 11 is 0. The van der Waals surface area contributed by atoms with Crippen LogP contribution in [0, 0.1) is 21.3 Å². The molecule has 1 N–H and O–H groups in total. The van der Waals surface area contributed by atoms with Gasteiger partial charge in [-0.25, -0.2) is 0 Å². The number of nitro benzene ring substituents is 1. The lowest BCUT2D eigenvalue weighted by molar-refractivity contribution is -0.387.